The minimum atomic E-state index is -0.365. The maximum absolute atomic E-state index is 11.9. The van der Waals surface area contributed by atoms with E-state index < -0.39 is 0 Å². The molecule has 1 unspecified atom stereocenters. The van der Waals surface area contributed by atoms with Gasteiger partial charge in [0.15, 0.2) is 6.29 Å². The molecule has 96 valence electrons. The van der Waals surface area contributed by atoms with Gasteiger partial charge in [-0.25, -0.2) is 0 Å². The second kappa shape index (κ2) is 4.35. The summed E-state index contributed by atoms with van der Waals surface area (Å²) in [7, 11) is 0. The molecule has 1 saturated heterocycles. The van der Waals surface area contributed by atoms with E-state index in [1.165, 1.54) is 0 Å². The summed E-state index contributed by atoms with van der Waals surface area (Å²) >= 11 is 0. The molecule has 3 rings (SSSR count). The zero-order valence-corrected chi connectivity index (χ0v) is 10.1. The van der Waals surface area contributed by atoms with E-state index in [0.717, 1.165) is 22.8 Å². The van der Waals surface area contributed by atoms with Gasteiger partial charge in [-0.2, -0.15) is 0 Å². The lowest BCUT2D eigenvalue weighted by Gasteiger charge is -2.21. The van der Waals surface area contributed by atoms with E-state index in [9.17, 15) is 14.4 Å². The van der Waals surface area contributed by atoms with Crippen molar-refractivity contribution in [1.29, 1.82) is 0 Å². The van der Waals surface area contributed by atoms with Crippen molar-refractivity contribution < 1.29 is 14.4 Å². The molecule has 1 aromatic heterocycles. The zero-order chi connectivity index (χ0) is 13.4. The molecule has 0 radical (unpaired) electrons. The number of aldehydes is 1. The predicted octanol–water partition coefficient (Wildman–Crippen LogP) is 1.50. The molecule has 2 aromatic rings. The van der Waals surface area contributed by atoms with Crippen LogP contribution in [0.25, 0.3) is 10.9 Å². The predicted molar refractivity (Wildman–Crippen MR) is 68.8 cm³/mol. The van der Waals surface area contributed by atoms with Gasteiger partial charge in [0.1, 0.15) is 0 Å². The number of hydrogen-bond donors (Lipinski definition) is 2. The summed E-state index contributed by atoms with van der Waals surface area (Å²) in [5.41, 5.74) is 2.08. The fourth-order valence-corrected chi connectivity index (χ4v) is 2.53. The van der Waals surface area contributed by atoms with E-state index in [0.29, 0.717) is 18.4 Å². The Hall–Kier alpha value is -2.43. The van der Waals surface area contributed by atoms with Crippen molar-refractivity contribution in [3.05, 3.63) is 35.5 Å². The molecule has 5 heteroatoms. The number of benzene rings is 1. The highest BCUT2D eigenvalue weighted by molar-refractivity contribution is 6.02. The Morgan fingerprint density at radius 2 is 2.11 bits per heavy atom. The Bertz CT molecular complexity index is 687. The van der Waals surface area contributed by atoms with Gasteiger partial charge in [0, 0.05) is 23.6 Å². The lowest BCUT2D eigenvalue weighted by atomic mass is 9.89. The minimum Gasteiger partial charge on any atom is -0.361 e. The van der Waals surface area contributed by atoms with Crippen molar-refractivity contribution in [2.24, 2.45) is 0 Å². The minimum absolute atomic E-state index is 0.236. The van der Waals surface area contributed by atoms with E-state index in [1.54, 1.807) is 12.3 Å². The SMILES string of the molecule is O=Cc1cc(C2CCC(=O)NC2=O)cc2cc[nH]c12. The first-order chi connectivity index (χ1) is 9.19. The lowest BCUT2D eigenvalue weighted by molar-refractivity contribution is -0.134. The van der Waals surface area contributed by atoms with Gasteiger partial charge < -0.3 is 4.98 Å². The number of amides is 2. The maximum Gasteiger partial charge on any atom is 0.234 e. The molecule has 1 aromatic carbocycles. The van der Waals surface area contributed by atoms with Crippen LogP contribution in [-0.2, 0) is 9.59 Å². The van der Waals surface area contributed by atoms with Crippen LogP contribution in [0.4, 0.5) is 0 Å². The van der Waals surface area contributed by atoms with Crippen LogP contribution < -0.4 is 5.32 Å². The number of nitrogens with one attached hydrogen (secondary N) is 2. The first kappa shape index (κ1) is 11.6. The average molecular weight is 256 g/mol. The second-order valence-electron chi connectivity index (χ2n) is 4.67. The molecule has 19 heavy (non-hydrogen) atoms. The third-order valence-corrected chi connectivity index (χ3v) is 3.48. The Labute approximate surface area is 109 Å². The third-order valence-electron chi connectivity index (χ3n) is 3.48. The first-order valence-electron chi connectivity index (χ1n) is 6.09. The van der Waals surface area contributed by atoms with Crippen molar-refractivity contribution in [3.63, 3.8) is 0 Å². The van der Waals surface area contributed by atoms with Crippen LogP contribution in [0.15, 0.2) is 24.4 Å². The molecule has 1 atom stereocenters. The van der Waals surface area contributed by atoms with Crippen molar-refractivity contribution in [2.45, 2.75) is 18.8 Å². The summed E-state index contributed by atoms with van der Waals surface area (Å²) in [5, 5.41) is 3.23. The van der Waals surface area contributed by atoms with Gasteiger partial charge >= 0.3 is 0 Å². The van der Waals surface area contributed by atoms with E-state index in [-0.39, 0.29) is 17.7 Å². The molecule has 1 fully saturated rings. The number of carbonyl (C=O) groups excluding carboxylic acids is 3. The Morgan fingerprint density at radius 3 is 2.84 bits per heavy atom. The third kappa shape index (κ3) is 1.93. The monoisotopic (exact) mass is 256 g/mol. The van der Waals surface area contributed by atoms with Crippen LogP contribution >= 0.6 is 0 Å². The summed E-state index contributed by atoms with van der Waals surface area (Å²) in [5.74, 6) is -0.890. The van der Waals surface area contributed by atoms with Crippen LogP contribution in [0.1, 0.15) is 34.7 Å². The van der Waals surface area contributed by atoms with Crippen LogP contribution in [0.5, 0.6) is 0 Å². The summed E-state index contributed by atoms with van der Waals surface area (Å²) in [6.45, 7) is 0. The summed E-state index contributed by atoms with van der Waals surface area (Å²) < 4.78 is 0. The Morgan fingerprint density at radius 1 is 1.26 bits per heavy atom. The van der Waals surface area contributed by atoms with E-state index in [2.05, 4.69) is 10.3 Å². The van der Waals surface area contributed by atoms with Crippen molar-refractivity contribution >= 4 is 29.0 Å². The van der Waals surface area contributed by atoms with Crippen LogP contribution in [0.3, 0.4) is 0 Å². The smallest absolute Gasteiger partial charge is 0.234 e. The van der Waals surface area contributed by atoms with Crippen molar-refractivity contribution in [2.75, 3.05) is 0 Å². The summed E-state index contributed by atoms with van der Waals surface area (Å²) in [4.78, 5) is 37.1. The second-order valence-corrected chi connectivity index (χ2v) is 4.67. The number of hydrogen-bond acceptors (Lipinski definition) is 3. The number of fused-ring (bicyclic) bond motifs is 1. The lowest BCUT2D eigenvalue weighted by Crippen LogP contribution is -2.39. The van der Waals surface area contributed by atoms with Gasteiger partial charge in [-0.05, 0) is 30.2 Å². The van der Waals surface area contributed by atoms with Gasteiger partial charge in [0.05, 0.1) is 11.4 Å². The number of rotatable bonds is 2. The van der Waals surface area contributed by atoms with E-state index in [4.69, 9.17) is 0 Å². The van der Waals surface area contributed by atoms with Gasteiger partial charge in [0.25, 0.3) is 0 Å². The molecular formula is C14H12N2O3. The Kier molecular flexibility index (Phi) is 2.67. The van der Waals surface area contributed by atoms with Gasteiger partial charge in [-0.1, -0.05) is 0 Å². The molecule has 0 spiro atoms. The number of aromatic nitrogens is 1. The fourth-order valence-electron chi connectivity index (χ4n) is 2.53. The highest BCUT2D eigenvalue weighted by Crippen LogP contribution is 2.29. The van der Waals surface area contributed by atoms with Gasteiger partial charge in [-0.15, -0.1) is 0 Å². The summed E-state index contributed by atoms with van der Waals surface area (Å²) in [6.07, 6.45) is 3.34. The van der Waals surface area contributed by atoms with Crippen LogP contribution in [0, 0.1) is 0 Å². The molecule has 5 nitrogen and oxygen atoms in total. The van der Waals surface area contributed by atoms with Gasteiger partial charge in [0.2, 0.25) is 11.8 Å². The Balaban J connectivity index is 2.07. The normalized spacial score (nSPS) is 19.5. The maximum atomic E-state index is 11.9. The molecule has 0 saturated carbocycles. The molecular weight excluding hydrogens is 244 g/mol. The largest absolute Gasteiger partial charge is 0.361 e. The van der Waals surface area contributed by atoms with Crippen LogP contribution in [0.2, 0.25) is 0 Å². The molecule has 2 N–H and O–H groups in total. The zero-order valence-electron chi connectivity index (χ0n) is 10.1. The van der Waals surface area contributed by atoms with Crippen molar-refractivity contribution in [1.82, 2.24) is 10.3 Å². The standard InChI is InChI=1S/C14H12N2O3/c17-7-10-6-9(5-8-3-4-15-13(8)10)11-1-2-12(18)16-14(11)19/h3-7,11,15H,1-2H2,(H,16,18,19). The average Bonchev–Trinajstić information content (AvgIpc) is 2.85. The number of piperidine rings is 1. The van der Waals surface area contributed by atoms with Crippen LogP contribution in [-0.4, -0.2) is 23.1 Å². The first-order valence-corrected chi connectivity index (χ1v) is 6.09. The number of H-pyrrole nitrogens is 1. The van der Waals surface area contributed by atoms with Crippen molar-refractivity contribution in [3.8, 4) is 0 Å². The molecule has 0 bridgehead atoms. The molecule has 0 aliphatic carbocycles. The topological polar surface area (TPSA) is 79.0 Å². The highest BCUT2D eigenvalue weighted by atomic mass is 16.2. The number of aromatic amines is 1. The molecule has 1 aliphatic rings. The number of carbonyl (C=O) groups is 3. The molecule has 1 aliphatic heterocycles. The quantitative estimate of drug-likeness (QED) is 0.631. The fraction of sp³-hybridized carbons (Fsp3) is 0.214. The highest BCUT2D eigenvalue weighted by Gasteiger charge is 2.28. The van der Waals surface area contributed by atoms with Gasteiger partial charge in [-0.3, -0.25) is 19.7 Å². The molecule has 2 heterocycles. The number of imide groups is 1. The van der Waals surface area contributed by atoms with E-state index >= 15 is 0 Å². The van der Waals surface area contributed by atoms with E-state index in [1.807, 2.05) is 12.1 Å². The summed E-state index contributed by atoms with van der Waals surface area (Å²) in [6, 6.07) is 5.46. The molecule has 2 amide bonds.